The third kappa shape index (κ3) is 6.27. The van der Waals surface area contributed by atoms with E-state index in [0.717, 1.165) is 60.7 Å². The van der Waals surface area contributed by atoms with E-state index < -0.39 is 6.03 Å². The molecule has 3 aromatic carbocycles. The molecule has 2 N–H and O–H groups in total. The van der Waals surface area contributed by atoms with Gasteiger partial charge in [-0.3, -0.25) is 43.6 Å². The average molecular weight is 732 g/mol. The van der Waals surface area contributed by atoms with E-state index in [0.29, 0.717) is 11.4 Å². The van der Waals surface area contributed by atoms with Crippen LogP contribution in [0.5, 0.6) is 0 Å². The summed E-state index contributed by atoms with van der Waals surface area (Å²) in [4.78, 5) is 60.5. The Morgan fingerprint density at radius 1 is 0.891 bits per heavy atom. The molecule has 13 nitrogen and oxygen atoms in total. The number of benzene rings is 3. The van der Waals surface area contributed by atoms with Gasteiger partial charge in [-0.2, -0.15) is 5.10 Å². The Hall–Kier alpha value is -7.07. The van der Waals surface area contributed by atoms with Crippen LogP contribution in [0.3, 0.4) is 0 Å². The third-order valence-electron chi connectivity index (χ3n) is 10.1. The number of pyridine rings is 2. The molecule has 55 heavy (non-hydrogen) atoms. The van der Waals surface area contributed by atoms with Crippen LogP contribution in [-0.2, 0) is 25.9 Å². The zero-order chi connectivity index (χ0) is 38.5. The summed E-state index contributed by atoms with van der Waals surface area (Å²) in [6.07, 6.45) is 3.69. The van der Waals surface area contributed by atoms with Crippen LogP contribution in [-0.4, -0.2) is 59.8 Å². The van der Waals surface area contributed by atoms with Crippen molar-refractivity contribution in [3.63, 3.8) is 0 Å². The number of imidazole rings is 1. The second kappa shape index (κ2) is 13.7. The lowest BCUT2D eigenvalue weighted by molar-refractivity contribution is -0.120. The number of hydrogen-bond donors (Lipinski definition) is 2. The summed E-state index contributed by atoms with van der Waals surface area (Å²) >= 11 is 0. The molecule has 0 atom stereocenters. The fourth-order valence-electron chi connectivity index (χ4n) is 7.19. The molecule has 4 amide bonds. The number of hydrogen-bond acceptors (Lipinski definition) is 7. The highest BCUT2D eigenvalue weighted by Gasteiger charge is 2.28. The molecule has 7 aromatic rings. The predicted octanol–water partition coefficient (Wildman–Crippen LogP) is 5.39. The molecular weight excluding hydrogens is 695 g/mol. The van der Waals surface area contributed by atoms with Gasteiger partial charge < -0.3 is 5.32 Å². The molecule has 4 aromatic heterocycles. The predicted molar refractivity (Wildman–Crippen MR) is 212 cm³/mol. The molecule has 1 fully saturated rings. The number of anilines is 1. The third-order valence-corrected chi connectivity index (χ3v) is 10.1. The van der Waals surface area contributed by atoms with Crippen molar-refractivity contribution in [3.8, 4) is 34.2 Å². The number of imide groups is 1. The average Bonchev–Trinajstić information content (AvgIpc) is 3.62. The van der Waals surface area contributed by atoms with Crippen LogP contribution >= 0.6 is 0 Å². The largest absolute Gasteiger partial charge is 0.340 e. The SMILES string of the molecule is CC(C)c1cc(-c2cccc3cc(-c4ccc(C(=O)NCC#Cc5ccc6c(c5)c(N5CCC(=O)NC5=O)nn6C)nc4)ncc23)cc2c1n(C)c(=O)n2C. The van der Waals surface area contributed by atoms with Crippen LogP contribution in [0.15, 0.2) is 83.9 Å². The number of nitrogens with zero attached hydrogens (tertiary/aromatic N) is 7. The molecular formula is C42H37N9O4. The molecule has 0 aliphatic carbocycles. The highest BCUT2D eigenvalue weighted by atomic mass is 16.2. The maximum Gasteiger partial charge on any atom is 0.329 e. The van der Waals surface area contributed by atoms with Gasteiger partial charge in [-0.15, -0.1) is 0 Å². The van der Waals surface area contributed by atoms with Gasteiger partial charge in [0.05, 0.1) is 28.8 Å². The Morgan fingerprint density at radius 3 is 2.49 bits per heavy atom. The quantitative estimate of drug-likeness (QED) is 0.218. The number of rotatable bonds is 6. The summed E-state index contributed by atoms with van der Waals surface area (Å²) in [6.45, 7) is 4.61. The maximum atomic E-state index is 12.9. The van der Waals surface area contributed by atoms with E-state index in [1.54, 1.807) is 40.2 Å². The first-order valence-electron chi connectivity index (χ1n) is 17.9. The van der Waals surface area contributed by atoms with E-state index in [-0.39, 0.29) is 48.6 Å². The van der Waals surface area contributed by atoms with Gasteiger partial charge in [0.15, 0.2) is 5.82 Å². The van der Waals surface area contributed by atoms with Crippen molar-refractivity contribution in [1.82, 2.24) is 39.5 Å². The zero-order valence-corrected chi connectivity index (χ0v) is 31.0. The number of aromatic nitrogens is 6. The van der Waals surface area contributed by atoms with Crippen LogP contribution < -0.4 is 21.2 Å². The second-order valence-electron chi connectivity index (χ2n) is 13.9. The molecule has 0 spiro atoms. The van der Waals surface area contributed by atoms with Crippen LogP contribution in [0.25, 0.3) is 55.1 Å². The van der Waals surface area contributed by atoms with E-state index in [4.69, 9.17) is 4.98 Å². The van der Waals surface area contributed by atoms with Crippen molar-refractivity contribution < 1.29 is 14.4 Å². The Bertz CT molecular complexity index is 2850. The lowest BCUT2D eigenvalue weighted by Crippen LogP contribution is -2.49. The van der Waals surface area contributed by atoms with Gasteiger partial charge in [0.25, 0.3) is 5.91 Å². The molecule has 0 radical (unpaired) electrons. The van der Waals surface area contributed by atoms with E-state index in [2.05, 4.69) is 64.6 Å². The van der Waals surface area contributed by atoms with Crippen LogP contribution in [0, 0.1) is 11.8 Å². The number of carbonyl (C=O) groups excluding carboxylic acids is 3. The number of fused-ring (bicyclic) bond motifs is 3. The van der Waals surface area contributed by atoms with Crippen molar-refractivity contribution in [2.24, 2.45) is 21.1 Å². The van der Waals surface area contributed by atoms with Gasteiger partial charge >= 0.3 is 11.7 Å². The number of nitrogens with one attached hydrogen (secondary N) is 2. The minimum absolute atomic E-state index is 0.0532. The fraction of sp³-hybridized carbons (Fsp3) is 0.214. The normalized spacial score (nSPS) is 13.1. The highest BCUT2D eigenvalue weighted by Crippen LogP contribution is 2.35. The van der Waals surface area contributed by atoms with E-state index in [1.165, 1.54) is 4.90 Å². The monoisotopic (exact) mass is 731 g/mol. The summed E-state index contributed by atoms with van der Waals surface area (Å²) in [6, 6.07) is 20.9. The number of urea groups is 1. The van der Waals surface area contributed by atoms with Crippen LogP contribution in [0.2, 0.25) is 0 Å². The first-order chi connectivity index (χ1) is 26.5. The molecule has 274 valence electrons. The molecule has 0 bridgehead atoms. The van der Waals surface area contributed by atoms with E-state index in [1.807, 2.05) is 55.7 Å². The molecule has 1 aliphatic rings. The van der Waals surface area contributed by atoms with Crippen LogP contribution in [0.4, 0.5) is 10.6 Å². The first-order valence-corrected chi connectivity index (χ1v) is 17.9. The number of aryl methyl sites for hydroxylation is 3. The molecule has 1 saturated heterocycles. The van der Waals surface area contributed by atoms with Crippen molar-refractivity contribution >= 4 is 56.4 Å². The van der Waals surface area contributed by atoms with Crippen molar-refractivity contribution in [3.05, 3.63) is 106 Å². The molecule has 13 heteroatoms. The Labute approximate surface area is 315 Å². The summed E-state index contributed by atoms with van der Waals surface area (Å²) in [5, 5.41) is 12.4. The van der Waals surface area contributed by atoms with Gasteiger partial charge in [-0.05, 0) is 76.5 Å². The Kier molecular flexibility index (Phi) is 8.73. The Morgan fingerprint density at radius 2 is 1.73 bits per heavy atom. The molecule has 5 heterocycles. The van der Waals surface area contributed by atoms with E-state index in [9.17, 15) is 19.2 Å². The molecule has 1 aliphatic heterocycles. The molecule has 8 rings (SSSR count). The van der Waals surface area contributed by atoms with Gasteiger partial charge in [-0.1, -0.05) is 43.9 Å². The standard InChI is InChI=1S/C42H37N9O4/c1-24(2)30-19-28(21-36-38(30)49(4)42(55)48(36)3)29-10-6-9-26-20-34(45-23-32(26)29)27-12-13-33(44-22-27)40(53)43-16-7-8-25-11-14-35-31(18-25)39(47-50(35)5)51-17-15-37(52)46-41(51)54/h6,9-14,18-24H,15-17H2,1-5H3,(H,43,53)(H,46,52,54). The lowest BCUT2D eigenvalue weighted by atomic mass is 9.93. The van der Waals surface area contributed by atoms with Gasteiger partial charge in [-0.25, -0.2) is 9.59 Å². The second-order valence-corrected chi connectivity index (χ2v) is 13.9. The summed E-state index contributed by atoms with van der Waals surface area (Å²) < 4.78 is 5.09. The topological polar surface area (TPSA) is 149 Å². The zero-order valence-electron chi connectivity index (χ0n) is 31.0. The van der Waals surface area contributed by atoms with Crippen molar-refractivity contribution in [2.75, 3.05) is 18.0 Å². The summed E-state index contributed by atoms with van der Waals surface area (Å²) in [5.41, 5.74) is 8.18. The van der Waals surface area contributed by atoms with E-state index >= 15 is 0 Å². The lowest BCUT2D eigenvalue weighted by Gasteiger charge is -2.24. The fourth-order valence-corrected chi connectivity index (χ4v) is 7.19. The Balaban J connectivity index is 0.972. The van der Waals surface area contributed by atoms with Gasteiger partial charge in [0, 0.05) is 68.4 Å². The number of amides is 4. The van der Waals surface area contributed by atoms with Gasteiger partial charge in [0.1, 0.15) is 5.69 Å². The smallest absolute Gasteiger partial charge is 0.329 e. The first kappa shape index (κ1) is 35.0. The molecule has 0 unspecified atom stereocenters. The minimum Gasteiger partial charge on any atom is -0.340 e. The van der Waals surface area contributed by atoms with Crippen molar-refractivity contribution in [2.45, 2.75) is 26.2 Å². The minimum atomic E-state index is -0.506. The van der Waals surface area contributed by atoms with Crippen molar-refractivity contribution in [1.29, 1.82) is 0 Å². The molecule has 0 saturated carbocycles. The van der Waals surface area contributed by atoms with Crippen LogP contribution in [0.1, 0.15) is 47.8 Å². The van der Waals surface area contributed by atoms with Gasteiger partial charge in [0.2, 0.25) is 5.91 Å². The highest BCUT2D eigenvalue weighted by molar-refractivity contribution is 6.09. The summed E-state index contributed by atoms with van der Waals surface area (Å²) in [5.74, 6) is 6.04. The maximum absolute atomic E-state index is 12.9. The number of carbonyl (C=O) groups is 3. The summed E-state index contributed by atoms with van der Waals surface area (Å²) in [7, 11) is 5.41.